The average molecular weight is 329 g/mol. The molecule has 2 heterocycles. The Morgan fingerprint density at radius 3 is 2.70 bits per heavy atom. The standard InChI is InChI=1S/C18H23N3OS/c1-12-6-8-21(9-7-12)17(22)16-11-23-18(20-16)19-15-5-4-13(2)14(3)10-15/h4-5,10-12H,6-9H2,1-3H3,(H,19,20). The van der Waals surface area contributed by atoms with E-state index in [0.717, 1.165) is 42.7 Å². The molecule has 23 heavy (non-hydrogen) atoms. The number of thiazole rings is 1. The van der Waals surface area contributed by atoms with Gasteiger partial charge in [-0.1, -0.05) is 13.0 Å². The first-order chi connectivity index (χ1) is 11.0. The van der Waals surface area contributed by atoms with Crippen LogP contribution in [0.1, 0.15) is 41.4 Å². The molecule has 1 aromatic carbocycles. The Hall–Kier alpha value is -1.88. The van der Waals surface area contributed by atoms with Gasteiger partial charge in [0, 0.05) is 24.2 Å². The van der Waals surface area contributed by atoms with E-state index in [1.54, 1.807) is 0 Å². The van der Waals surface area contributed by atoms with Crippen LogP contribution < -0.4 is 5.32 Å². The van der Waals surface area contributed by atoms with E-state index < -0.39 is 0 Å². The lowest BCUT2D eigenvalue weighted by atomic mass is 9.99. The van der Waals surface area contributed by atoms with Crippen molar-refractivity contribution in [2.45, 2.75) is 33.6 Å². The number of hydrogen-bond donors (Lipinski definition) is 1. The maximum Gasteiger partial charge on any atom is 0.273 e. The zero-order chi connectivity index (χ0) is 16.4. The minimum atomic E-state index is 0.0567. The highest BCUT2D eigenvalue weighted by molar-refractivity contribution is 7.14. The summed E-state index contributed by atoms with van der Waals surface area (Å²) in [7, 11) is 0. The Balaban J connectivity index is 1.67. The van der Waals surface area contributed by atoms with Gasteiger partial charge in [0.2, 0.25) is 0 Å². The van der Waals surface area contributed by atoms with Crippen molar-refractivity contribution in [1.82, 2.24) is 9.88 Å². The SMILES string of the molecule is Cc1ccc(Nc2nc(C(=O)N3CCC(C)CC3)cs2)cc1C. The third-order valence-corrected chi connectivity index (χ3v) is 5.31. The van der Waals surface area contributed by atoms with Gasteiger partial charge in [0.15, 0.2) is 5.13 Å². The van der Waals surface area contributed by atoms with Gasteiger partial charge in [-0.15, -0.1) is 11.3 Å². The summed E-state index contributed by atoms with van der Waals surface area (Å²) >= 11 is 1.48. The molecule has 1 aliphatic rings. The van der Waals surface area contributed by atoms with E-state index in [-0.39, 0.29) is 5.91 Å². The fraction of sp³-hybridized carbons (Fsp3) is 0.444. The summed E-state index contributed by atoms with van der Waals surface area (Å²) in [6.07, 6.45) is 2.17. The molecule has 1 aromatic heterocycles. The predicted molar refractivity (Wildman–Crippen MR) is 95.6 cm³/mol. The minimum absolute atomic E-state index is 0.0567. The second-order valence-electron chi connectivity index (χ2n) is 6.44. The number of amides is 1. The van der Waals surface area contributed by atoms with E-state index in [2.05, 4.69) is 43.2 Å². The van der Waals surface area contributed by atoms with Crippen molar-refractivity contribution in [2.24, 2.45) is 5.92 Å². The van der Waals surface area contributed by atoms with Gasteiger partial charge in [-0.2, -0.15) is 0 Å². The van der Waals surface area contributed by atoms with Gasteiger partial charge in [-0.05, 0) is 55.9 Å². The van der Waals surface area contributed by atoms with Crippen molar-refractivity contribution < 1.29 is 4.79 Å². The van der Waals surface area contributed by atoms with Crippen molar-refractivity contribution in [3.8, 4) is 0 Å². The van der Waals surface area contributed by atoms with E-state index in [0.29, 0.717) is 5.69 Å². The van der Waals surface area contributed by atoms with Crippen LogP contribution in [0.3, 0.4) is 0 Å². The topological polar surface area (TPSA) is 45.2 Å². The highest BCUT2D eigenvalue weighted by atomic mass is 32.1. The van der Waals surface area contributed by atoms with Gasteiger partial charge in [-0.25, -0.2) is 4.98 Å². The Bertz CT molecular complexity index is 702. The fourth-order valence-electron chi connectivity index (χ4n) is 2.75. The van der Waals surface area contributed by atoms with Crippen LogP contribution in [-0.2, 0) is 0 Å². The Morgan fingerprint density at radius 2 is 2.00 bits per heavy atom. The van der Waals surface area contributed by atoms with Crippen molar-refractivity contribution in [3.63, 3.8) is 0 Å². The number of hydrogen-bond acceptors (Lipinski definition) is 4. The van der Waals surface area contributed by atoms with Crippen LogP contribution in [-0.4, -0.2) is 28.9 Å². The van der Waals surface area contributed by atoms with Crippen molar-refractivity contribution >= 4 is 28.1 Å². The smallest absolute Gasteiger partial charge is 0.273 e. The Labute approximate surface area is 141 Å². The third-order valence-electron chi connectivity index (χ3n) is 4.55. The lowest BCUT2D eigenvalue weighted by Gasteiger charge is -2.29. The highest BCUT2D eigenvalue weighted by Crippen LogP contribution is 2.24. The number of aromatic nitrogens is 1. The number of anilines is 2. The predicted octanol–water partition coefficient (Wildman–Crippen LogP) is 4.38. The van der Waals surface area contributed by atoms with Crippen LogP contribution in [0.4, 0.5) is 10.8 Å². The van der Waals surface area contributed by atoms with Crippen LogP contribution in [0.2, 0.25) is 0 Å². The largest absolute Gasteiger partial charge is 0.337 e. The van der Waals surface area contributed by atoms with Gasteiger partial charge in [-0.3, -0.25) is 4.79 Å². The quantitative estimate of drug-likeness (QED) is 0.909. The number of benzene rings is 1. The summed E-state index contributed by atoms with van der Waals surface area (Å²) in [5.74, 6) is 0.776. The van der Waals surface area contributed by atoms with Crippen LogP contribution in [0.15, 0.2) is 23.6 Å². The lowest BCUT2D eigenvalue weighted by Crippen LogP contribution is -2.38. The van der Waals surface area contributed by atoms with Crippen molar-refractivity contribution in [2.75, 3.05) is 18.4 Å². The molecule has 0 unspecified atom stereocenters. The van der Waals surface area contributed by atoms with E-state index in [9.17, 15) is 4.79 Å². The molecule has 0 radical (unpaired) electrons. The molecule has 4 nitrogen and oxygen atoms in total. The van der Waals surface area contributed by atoms with Gasteiger partial charge in [0.05, 0.1) is 0 Å². The second kappa shape index (κ2) is 6.71. The summed E-state index contributed by atoms with van der Waals surface area (Å²) in [5.41, 5.74) is 4.07. The molecule has 1 saturated heterocycles. The lowest BCUT2D eigenvalue weighted by molar-refractivity contribution is 0.0692. The maximum absolute atomic E-state index is 12.5. The van der Waals surface area contributed by atoms with Crippen LogP contribution in [0.5, 0.6) is 0 Å². The van der Waals surface area contributed by atoms with Gasteiger partial charge >= 0.3 is 0 Å². The summed E-state index contributed by atoms with van der Waals surface area (Å²) < 4.78 is 0. The molecule has 1 aliphatic heterocycles. The minimum Gasteiger partial charge on any atom is -0.337 e. The first-order valence-electron chi connectivity index (χ1n) is 8.12. The van der Waals surface area contributed by atoms with Crippen LogP contribution in [0, 0.1) is 19.8 Å². The third kappa shape index (κ3) is 3.72. The Morgan fingerprint density at radius 1 is 1.26 bits per heavy atom. The molecule has 122 valence electrons. The number of carbonyl (C=O) groups is 1. The zero-order valence-corrected chi connectivity index (χ0v) is 14.7. The van der Waals surface area contributed by atoms with Crippen molar-refractivity contribution in [3.05, 3.63) is 40.4 Å². The number of aryl methyl sites for hydroxylation is 2. The number of carbonyl (C=O) groups excluding carboxylic acids is 1. The number of nitrogens with one attached hydrogen (secondary N) is 1. The first-order valence-corrected chi connectivity index (χ1v) is 9.00. The molecule has 0 atom stereocenters. The molecule has 0 saturated carbocycles. The molecular formula is C18H23N3OS. The van der Waals surface area contributed by atoms with E-state index in [1.165, 1.54) is 22.5 Å². The summed E-state index contributed by atoms with van der Waals surface area (Å²) in [5, 5.41) is 5.91. The Kier molecular flexibility index (Phi) is 4.66. The van der Waals surface area contributed by atoms with Gasteiger partial charge < -0.3 is 10.2 Å². The van der Waals surface area contributed by atoms with E-state index >= 15 is 0 Å². The molecule has 0 bridgehead atoms. The molecule has 1 N–H and O–H groups in total. The normalized spacial score (nSPS) is 15.7. The van der Waals surface area contributed by atoms with Crippen molar-refractivity contribution in [1.29, 1.82) is 0 Å². The van der Waals surface area contributed by atoms with E-state index in [1.807, 2.05) is 16.3 Å². The fourth-order valence-corrected chi connectivity index (χ4v) is 3.45. The van der Waals surface area contributed by atoms with E-state index in [4.69, 9.17) is 0 Å². The number of nitrogens with zero attached hydrogens (tertiary/aromatic N) is 2. The average Bonchev–Trinajstić information content (AvgIpc) is 2.99. The monoisotopic (exact) mass is 329 g/mol. The second-order valence-corrected chi connectivity index (χ2v) is 7.29. The summed E-state index contributed by atoms with van der Waals surface area (Å²) in [6, 6.07) is 6.23. The summed E-state index contributed by atoms with van der Waals surface area (Å²) in [4.78, 5) is 18.9. The highest BCUT2D eigenvalue weighted by Gasteiger charge is 2.23. The first kappa shape index (κ1) is 16.0. The zero-order valence-electron chi connectivity index (χ0n) is 13.9. The van der Waals surface area contributed by atoms with Crippen LogP contribution in [0.25, 0.3) is 0 Å². The molecule has 5 heteroatoms. The number of likely N-dealkylation sites (tertiary alicyclic amines) is 1. The molecule has 2 aromatic rings. The number of rotatable bonds is 3. The molecule has 1 amide bonds. The number of piperidine rings is 1. The maximum atomic E-state index is 12.5. The molecule has 1 fully saturated rings. The molecule has 0 spiro atoms. The molecular weight excluding hydrogens is 306 g/mol. The summed E-state index contributed by atoms with van der Waals surface area (Å²) in [6.45, 7) is 8.12. The van der Waals surface area contributed by atoms with Gasteiger partial charge in [0.1, 0.15) is 5.69 Å². The van der Waals surface area contributed by atoms with Crippen LogP contribution >= 0.6 is 11.3 Å². The molecule has 3 rings (SSSR count). The molecule has 0 aliphatic carbocycles. The van der Waals surface area contributed by atoms with Gasteiger partial charge in [0.25, 0.3) is 5.91 Å².